The van der Waals surface area contributed by atoms with Crippen LogP contribution in [0, 0.1) is 16.0 Å². The van der Waals surface area contributed by atoms with Gasteiger partial charge in [-0.2, -0.15) is 0 Å². The number of carbonyl (C=O) groups excluding carboxylic acids is 1. The van der Waals surface area contributed by atoms with E-state index in [1.165, 1.54) is 6.07 Å². The Kier molecular flexibility index (Phi) is 5.22. The van der Waals surface area contributed by atoms with E-state index in [0.29, 0.717) is 30.3 Å². The number of amides is 1. The molecule has 25 heavy (non-hydrogen) atoms. The van der Waals surface area contributed by atoms with Crippen LogP contribution in [0.5, 0.6) is 0 Å². The fraction of sp³-hybridized carbons (Fsp3) is 0.611. The monoisotopic (exact) mass is 346 g/mol. The Labute approximate surface area is 147 Å². The Hall–Kier alpha value is -2.15. The van der Waals surface area contributed by atoms with Crippen molar-refractivity contribution < 1.29 is 9.72 Å². The molecule has 2 heterocycles. The zero-order valence-corrected chi connectivity index (χ0v) is 14.7. The molecule has 1 amide bonds. The van der Waals surface area contributed by atoms with E-state index < -0.39 is 0 Å². The van der Waals surface area contributed by atoms with Gasteiger partial charge in [-0.05, 0) is 43.7 Å². The number of nitro benzene ring substituents is 1. The molecule has 3 rings (SSSR count). The van der Waals surface area contributed by atoms with Gasteiger partial charge in [-0.15, -0.1) is 0 Å². The summed E-state index contributed by atoms with van der Waals surface area (Å²) in [6.45, 7) is 4.90. The summed E-state index contributed by atoms with van der Waals surface area (Å²) in [5, 5.41) is 11.5. The maximum atomic E-state index is 12.9. The molecule has 0 radical (unpaired) electrons. The summed E-state index contributed by atoms with van der Waals surface area (Å²) in [5.74, 6) is 0.392. The van der Waals surface area contributed by atoms with Crippen molar-refractivity contribution in [2.75, 3.05) is 31.1 Å². The van der Waals surface area contributed by atoms with E-state index in [0.717, 1.165) is 38.8 Å². The Bertz CT molecular complexity index is 658. The highest BCUT2D eigenvalue weighted by atomic mass is 16.6. The van der Waals surface area contributed by atoms with Crippen LogP contribution in [0.2, 0.25) is 0 Å². The summed E-state index contributed by atoms with van der Waals surface area (Å²) in [6, 6.07) is 4.88. The second-order valence-electron chi connectivity index (χ2n) is 7.17. The number of hydrogen-bond acceptors (Lipinski definition) is 5. The molecule has 1 aromatic rings. The van der Waals surface area contributed by atoms with Crippen molar-refractivity contribution in [3.05, 3.63) is 33.9 Å². The van der Waals surface area contributed by atoms with Crippen LogP contribution in [0.4, 0.5) is 11.4 Å². The van der Waals surface area contributed by atoms with Crippen molar-refractivity contribution in [1.29, 1.82) is 0 Å². The molecule has 0 saturated carbocycles. The van der Waals surface area contributed by atoms with Crippen molar-refractivity contribution in [3.8, 4) is 0 Å². The first-order valence-corrected chi connectivity index (χ1v) is 9.05. The summed E-state index contributed by atoms with van der Waals surface area (Å²) >= 11 is 0. The van der Waals surface area contributed by atoms with E-state index >= 15 is 0 Å². The normalized spacial score (nSPS) is 23.8. The number of nitrogens with two attached hydrogens (primary N) is 1. The molecule has 0 aromatic heterocycles. The Balaban J connectivity index is 1.87. The summed E-state index contributed by atoms with van der Waals surface area (Å²) in [4.78, 5) is 27.9. The predicted molar refractivity (Wildman–Crippen MR) is 96.8 cm³/mol. The average molecular weight is 346 g/mol. The van der Waals surface area contributed by atoms with Crippen LogP contribution in [-0.2, 0) is 0 Å². The highest BCUT2D eigenvalue weighted by Crippen LogP contribution is 2.32. The summed E-state index contributed by atoms with van der Waals surface area (Å²) in [5.41, 5.74) is 6.85. The number of hydrogen-bond donors (Lipinski definition) is 1. The third-order valence-corrected chi connectivity index (χ3v) is 5.38. The summed E-state index contributed by atoms with van der Waals surface area (Å²) in [6.07, 6.45) is 3.91. The first kappa shape index (κ1) is 17.7. The van der Waals surface area contributed by atoms with Gasteiger partial charge in [-0.3, -0.25) is 14.9 Å². The molecule has 2 saturated heterocycles. The van der Waals surface area contributed by atoms with Gasteiger partial charge in [-0.1, -0.05) is 6.92 Å². The SMILES string of the molecule is CC1CCN(C(=O)c2ccc(N3CCCC3)c([N+](=O)[O-])c2)C(CN)C1. The van der Waals surface area contributed by atoms with Crippen LogP contribution in [-0.4, -0.2) is 48.0 Å². The van der Waals surface area contributed by atoms with Crippen LogP contribution < -0.4 is 10.6 Å². The molecule has 2 atom stereocenters. The second kappa shape index (κ2) is 7.39. The first-order valence-electron chi connectivity index (χ1n) is 9.05. The maximum Gasteiger partial charge on any atom is 0.293 e. The minimum absolute atomic E-state index is 0.00793. The van der Waals surface area contributed by atoms with Crippen LogP contribution in [0.25, 0.3) is 0 Å². The summed E-state index contributed by atoms with van der Waals surface area (Å²) < 4.78 is 0. The fourth-order valence-corrected chi connectivity index (χ4v) is 3.94. The van der Waals surface area contributed by atoms with Crippen molar-refractivity contribution in [3.63, 3.8) is 0 Å². The lowest BCUT2D eigenvalue weighted by molar-refractivity contribution is -0.384. The van der Waals surface area contributed by atoms with Gasteiger partial charge in [0.15, 0.2) is 0 Å². The van der Waals surface area contributed by atoms with E-state index in [9.17, 15) is 14.9 Å². The minimum atomic E-state index is -0.386. The van der Waals surface area contributed by atoms with E-state index in [2.05, 4.69) is 6.92 Å². The molecule has 2 aliphatic rings. The molecule has 136 valence electrons. The number of rotatable bonds is 4. The first-order chi connectivity index (χ1) is 12.0. The number of piperidine rings is 1. The van der Waals surface area contributed by atoms with Crippen molar-refractivity contribution >= 4 is 17.3 Å². The smallest absolute Gasteiger partial charge is 0.293 e. The van der Waals surface area contributed by atoms with Crippen LogP contribution in [0.15, 0.2) is 18.2 Å². The van der Waals surface area contributed by atoms with Gasteiger partial charge in [-0.25, -0.2) is 0 Å². The van der Waals surface area contributed by atoms with Crippen molar-refractivity contribution in [2.45, 2.75) is 38.6 Å². The van der Waals surface area contributed by atoms with Crippen LogP contribution in [0.3, 0.4) is 0 Å². The van der Waals surface area contributed by atoms with E-state index in [-0.39, 0.29) is 22.6 Å². The zero-order valence-electron chi connectivity index (χ0n) is 14.7. The number of nitro groups is 1. The third-order valence-electron chi connectivity index (χ3n) is 5.38. The van der Waals surface area contributed by atoms with Gasteiger partial charge >= 0.3 is 0 Å². The molecular weight excluding hydrogens is 320 g/mol. The fourth-order valence-electron chi connectivity index (χ4n) is 3.94. The van der Waals surface area contributed by atoms with E-state index in [1.54, 1.807) is 17.0 Å². The minimum Gasteiger partial charge on any atom is -0.366 e. The number of nitrogens with zero attached hydrogens (tertiary/aromatic N) is 3. The third kappa shape index (κ3) is 3.61. The molecule has 7 nitrogen and oxygen atoms in total. The van der Waals surface area contributed by atoms with Crippen LogP contribution >= 0.6 is 0 Å². The number of benzene rings is 1. The molecule has 7 heteroatoms. The Morgan fingerprint density at radius 2 is 2.04 bits per heavy atom. The quantitative estimate of drug-likeness (QED) is 0.667. The molecule has 0 bridgehead atoms. The lowest BCUT2D eigenvalue weighted by Crippen LogP contribution is -2.49. The van der Waals surface area contributed by atoms with Gasteiger partial charge < -0.3 is 15.5 Å². The Morgan fingerprint density at radius 1 is 1.32 bits per heavy atom. The lowest BCUT2D eigenvalue weighted by Gasteiger charge is -2.38. The second-order valence-corrected chi connectivity index (χ2v) is 7.17. The Morgan fingerprint density at radius 3 is 2.68 bits per heavy atom. The molecule has 2 aliphatic heterocycles. The van der Waals surface area contributed by atoms with Gasteiger partial charge in [0.25, 0.3) is 11.6 Å². The molecule has 1 aromatic carbocycles. The highest BCUT2D eigenvalue weighted by molar-refractivity contribution is 5.96. The molecular formula is C18H26N4O3. The largest absolute Gasteiger partial charge is 0.366 e. The van der Waals surface area contributed by atoms with Gasteiger partial charge in [0, 0.05) is 43.9 Å². The number of anilines is 1. The predicted octanol–water partition coefficient (Wildman–Crippen LogP) is 2.39. The van der Waals surface area contributed by atoms with Crippen molar-refractivity contribution in [1.82, 2.24) is 4.90 Å². The van der Waals surface area contributed by atoms with Crippen molar-refractivity contribution in [2.24, 2.45) is 11.7 Å². The van der Waals surface area contributed by atoms with E-state index in [1.807, 2.05) is 4.90 Å². The molecule has 2 fully saturated rings. The average Bonchev–Trinajstić information content (AvgIpc) is 3.15. The number of likely N-dealkylation sites (tertiary alicyclic amines) is 1. The standard InChI is InChI=1S/C18H26N4O3/c1-13-6-9-21(15(10-13)12-19)18(23)14-4-5-16(17(11-14)22(24)25)20-7-2-3-8-20/h4-5,11,13,15H,2-3,6-10,12,19H2,1H3. The molecule has 2 unspecified atom stereocenters. The topological polar surface area (TPSA) is 92.7 Å². The molecule has 2 N–H and O–H groups in total. The van der Waals surface area contributed by atoms with E-state index in [4.69, 9.17) is 5.73 Å². The van der Waals surface area contributed by atoms with Crippen LogP contribution in [0.1, 0.15) is 43.0 Å². The van der Waals surface area contributed by atoms with Gasteiger partial charge in [0.05, 0.1) is 4.92 Å². The molecule has 0 aliphatic carbocycles. The zero-order chi connectivity index (χ0) is 18.0. The maximum absolute atomic E-state index is 12.9. The highest BCUT2D eigenvalue weighted by Gasteiger charge is 2.31. The number of carbonyl (C=O) groups is 1. The summed E-state index contributed by atoms with van der Waals surface area (Å²) in [7, 11) is 0. The van der Waals surface area contributed by atoms with Gasteiger partial charge in [0.1, 0.15) is 5.69 Å². The van der Waals surface area contributed by atoms with Gasteiger partial charge in [0.2, 0.25) is 0 Å². The molecule has 0 spiro atoms. The lowest BCUT2D eigenvalue weighted by atomic mass is 9.92.